The van der Waals surface area contributed by atoms with Crippen molar-refractivity contribution in [1.82, 2.24) is 9.97 Å². The number of thiazole rings is 1. The molecule has 0 unspecified atom stereocenters. The number of hydrogen-bond donors (Lipinski definition) is 1. The summed E-state index contributed by atoms with van der Waals surface area (Å²) in [6.45, 7) is 1.67. The maximum atomic E-state index is 13.8. The van der Waals surface area contributed by atoms with E-state index >= 15 is 0 Å². The average molecular weight is 440 g/mol. The molecule has 0 aliphatic carbocycles. The molecule has 6 nitrogen and oxygen atoms in total. The minimum Gasteiger partial charge on any atom is -0.506 e. The van der Waals surface area contributed by atoms with Crippen molar-refractivity contribution in [3.05, 3.63) is 57.6 Å². The number of aromatic nitrogens is 2. The number of aliphatic imine (C=N–C) groups is 1. The summed E-state index contributed by atoms with van der Waals surface area (Å²) in [5, 5.41) is 10.2. The van der Waals surface area contributed by atoms with E-state index in [1.807, 2.05) is 24.3 Å². The highest BCUT2D eigenvalue weighted by Crippen LogP contribution is 2.29. The fourth-order valence-corrected chi connectivity index (χ4v) is 3.43. The van der Waals surface area contributed by atoms with Crippen LogP contribution in [0.25, 0.3) is 16.0 Å². The molecule has 0 fully saturated rings. The van der Waals surface area contributed by atoms with Gasteiger partial charge in [0.1, 0.15) is 16.5 Å². The number of benzene rings is 1. The second kappa shape index (κ2) is 8.64. The lowest BCUT2D eigenvalue weighted by Gasteiger charge is -2.08. The minimum absolute atomic E-state index is 0.0611. The van der Waals surface area contributed by atoms with Crippen molar-refractivity contribution in [2.24, 2.45) is 4.99 Å². The van der Waals surface area contributed by atoms with Crippen molar-refractivity contribution in [3.63, 3.8) is 0 Å². The lowest BCUT2D eigenvalue weighted by atomic mass is 10.1. The monoisotopic (exact) mass is 439 g/mol. The lowest BCUT2D eigenvalue weighted by Crippen LogP contribution is -2.11. The molecule has 0 amide bonds. The Labute approximate surface area is 172 Å². The highest BCUT2D eigenvalue weighted by molar-refractivity contribution is 7.22. The Morgan fingerprint density at radius 1 is 1.32 bits per heavy atom. The Bertz CT molecular complexity index is 1080. The number of fused-ring (bicyclic) bond motifs is 1. The van der Waals surface area contributed by atoms with Crippen LogP contribution in [0.2, 0.25) is 10.3 Å². The standard InChI is InChI=1S/C18H12Cl2FN3O3S/c1-2-27-17(26)10(14(25)9-7-11(21)16(20)24-15(9)19)8-22-18-23-12-5-3-4-6-13(12)28-18/h3-8,25H,2H2,1H3/b14-10-,22-8+. The average Bonchev–Trinajstić information content (AvgIpc) is 3.07. The molecular formula is C18H12Cl2FN3O3S. The zero-order valence-electron chi connectivity index (χ0n) is 14.3. The van der Waals surface area contributed by atoms with Crippen LogP contribution in [0.5, 0.6) is 0 Å². The summed E-state index contributed by atoms with van der Waals surface area (Å²) < 4.78 is 19.6. The molecule has 3 rings (SSSR count). The van der Waals surface area contributed by atoms with Crippen molar-refractivity contribution in [2.45, 2.75) is 6.92 Å². The predicted molar refractivity (Wildman–Crippen MR) is 108 cm³/mol. The van der Waals surface area contributed by atoms with Crippen LogP contribution in [0.15, 0.2) is 40.9 Å². The van der Waals surface area contributed by atoms with Crippen LogP contribution in [0.1, 0.15) is 12.5 Å². The molecule has 0 aliphatic heterocycles. The Kier molecular flexibility index (Phi) is 6.23. The van der Waals surface area contributed by atoms with Gasteiger partial charge in [-0.1, -0.05) is 46.7 Å². The Morgan fingerprint density at radius 2 is 2.07 bits per heavy atom. The molecule has 0 saturated carbocycles. The third kappa shape index (κ3) is 4.30. The van der Waals surface area contributed by atoms with Crippen molar-refractivity contribution in [2.75, 3.05) is 6.61 Å². The van der Waals surface area contributed by atoms with E-state index < -0.39 is 22.7 Å². The van der Waals surface area contributed by atoms with Gasteiger partial charge in [-0.2, -0.15) is 0 Å². The number of nitrogens with zero attached hydrogens (tertiary/aromatic N) is 3. The van der Waals surface area contributed by atoms with Crippen molar-refractivity contribution in [3.8, 4) is 0 Å². The number of carbonyl (C=O) groups excluding carboxylic acids is 1. The van der Waals surface area contributed by atoms with Crippen LogP contribution in [-0.4, -0.2) is 33.9 Å². The highest BCUT2D eigenvalue weighted by atomic mass is 35.5. The van der Waals surface area contributed by atoms with Crippen LogP contribution in [-0.2, 0) is 9.53 Å². The molecule has 1 N–H and O–H groups in total. The van der Waals surface area contributed by atoms with Gasteiger partial charge in [-0.3, -0.25) is 0 Å². The predicted octanol–water partition coefficient (Wildman–Crippen LogP) is 5.37. The third-order valence-corrected chi connectivity index (χ3v) is 4.98. The lowest BCUT2D eigenvalue weighted by molar-refractivity contribution is -0.137. The first-order chi connectivity index (χ1) is 13.4. The quantitative estimate of drug-likeness (QED) is 0.190. The number of carbonyl (C=O) groups is 1. The summed E-state index contributed by atoms with van der Waals surface area (Å²) >= 11 is 12.8. The van der Waals surface area contributed by atoms with E-state index in [4.69, 9.17) is 27.9 Å². The molecule has 10 heteroatoms. The first-order valence-electron chi connectivity index (χ1n) is 7.92. The minimum atomic E-state index is -0.904. The van der Waals surface area contributed by atoms with Crippen LogP contribution in [0, 0.1) is 5.82 Å². The Balaban J connectivity index is 2.06. The van der Waals surface area contributed by atoms with E-state index in [1.165, 1.54) is 11.3 Å². The SMILES string of the molecule is CCOC(=O)C(/C=N/c1nc2ccccc2s1)=C(\O)c1cc(F)c(Cl)nc1Cl. The number of para-hydroxylation sites is 1. The zero-order chi connectivity index (χ0) is 20.3. The molecular weight excluding hydrogens is 428 g/mol. The number of hydrogen-bond acceptors (Lipinski definition) is 7. The van der Waals surface area contributed by atoms with Gasteiger partial charge < -0.3 is 9.84 Å². The Hall–Kier alpha value is -2.55. The second-order valence-corrected chi connectivity index (χ2v) is 7.03. The largest absolute Gasteiger partial charge is 0.506 e. The summed E-state index contributed by atoms with van der Waals surface area (Å²) in [6, 6.07) is 8.29. The smallest absolute Gasteiger partial charge is 0.343 e. The molecule has 2 heterocycles. The third-order valence-electron chi connectivity index (χ3n) is 3.48. The Morgan fingerprint density at radius 3 is 2.79 bits per heavy atom. The van der Waals surface area contributed by atoms with E-state index in [9.17, 15) is 14.3 Å². The van der Waals surface area contributed by atoms with Gasteiger partial charge in [0.05, 0.1) is 22.4 Å². The van der Waals surface area contributed by atoms with Gasteiger partial charge in [-0.05, 0) is 25.1 Å². The topological polar surface area (TPSA) is 84.7 Å². The van der Waals surface area contributed by atoms with Gasteiger partial charge in [0.15, 0.2) is 11.0 Å². The molecule has 3 aromatic rings. The van der Waals surface area contributed by atoms with Crippen molar-refractivity contribution in [1.29, 1.82) is 0 Å². The summed E-state index contributed by atoms with van der Waals surface area (Å²) in [5.41, 5.74) is 0.200. The van der Waals surface area contributed by atoms with Gasteiger partial charge in [-0.25, -0.2) is 24.1 Å². The number of ether oxygens (including phenoxy) is 1. The fourth-order valence-electron chi connectivity index (χ4n) is 2.21. The molecule has 0 atom stereocenters. The van der Waals surface area contributed by atoms with E-state index in [1.54, 1.807) is 6.92 Å². The van der Waals surface area contributed by atoms with Crippen LogP contribution < -0.4 is 0 Å². The van der Waals surface area contributed by atoms with E-state index in [0.717, 1.165) is 22.5 Å². The summed E-state index contributed by atoms with van der Waals surface area (Å²) in [7, 11) is 0. The van der Waals surface area contributed by atoms with E-state index in [0.29, 0.717) is 5.13 Å². The summed E-state index contributed by atoms with van der Waals surface area (Å²) in [5.74, 6) is -2.41. The molecule has 0 radical (unpaired) electrons. The van der Waals surface area contributed by atoms with Crippen LogP contribution >= 0.6 is 34.5 Å². The fraction of sp³-hybridized carbons (Fsp3) is 0.111. The van der Waals surface area contributed by atoms with Crippen molar-refractivity contribution < 1.29 is 19.0 Å². The summed E-state index contributed by atoms with van der Waals surface area (Å²) in [4.78, 5) is 24.3. The molecule has 144 valence electrons. The number of halogens is 3. The van der Waals surface area contributed by atoms with Gasteiger partial charge in [0.2, 0.25) is 5.13 Å². The van der Waals surface area contributed by atoms with E-state index in [2.05, 4.69) is 15.0 Å². The van der Waals surface area contributed by atoms with Crippen LogP contribution in [0.4, 0.5) is 9.52 Å². The number of esters is 1. The normalized spacial score (nSPS) is 12.4. The van der Waals surface area contributed by atoms with E-state index in [-0.39, 0.29) is 22.9 Å². The molecule has 2 aromatic heterocycles. The molecule has 0 bridgehead atoms. The van der Waals surface area contributed by atoms with Crippen molar-refractivity contribution >= 4 is 67.8 Å². The first-order valence-corrected chi connectivity index (χ1v) is 9.49. The maximum Gasteiger partial charge on any atom is 0.343 e. The van der Waals surface area contributed by atoms with Gasteiger partial charge in [0, 0.05) is 6.21 Å². The highest BCUT2D eigenvalue weighted by Gasteiger charge is 2.21. The number of aliphatic hydroxyl groups is 1. The summed E-state index contributed by atoms with van der Waals surface area (Å²) in [6.07, 6.45) is 1.09. The van der Waals surface area contributed by atoms with Crippen LogP contribution in [0.3, 0.4) is 0 Å². The second-order valence-electron chi connectivity index (χ2n) is 5.30. The first kappa shape index (κ1) is 20.2. The maximum absolute atomic E-state index is 13.8. The van der Waals surface area contributed by atoms with Gasteiger partial charge in [0.25, 0.3) is 0 Å². The molecule has 0 saturated heterocycles. The number of aliphatic hydroxyl groups excluding tert-OH is 1. The molecule has 1 aromatic carbocycles. The van der Waals surface area contributed by atoms with Gasteiger partial charge in [-0.15, -0.1) is 0 Å². The molecule has 28 heavy (non-hydrogen) atoms. The number of rotatable bonds is 5. The van der Waals surface area contributed by atoms with Gasteiger partial charge >= 0.3 is 5.97 Å². The zero-order valence-corrected chi connectivity index (χ0v) is 16.6. The number of pyridine rings is 1. The molecule has 0 spiro atoms. The molecule has 0 aliphatic rings.